The number of rotatable bonds is 14. The van der Waals surface area contributed by atoms with Crippen LogP contribution < -0.4 is 9.80 Å². The van der Waals surface area contributed by atoms with Crippen LogP contribution in [0.2, 0.25) is 30.5 Å². The molecule has 23 heteroatoms. The van der Waals surface area contributed by atoms with E-state index in [2.05, 4.69) is 44.9 Å². The lowest BCUT2D eigenvalue weighted by Gasteiger charge is -2.27. The number of aldehydes is 1. The number of H-pyrrole nitrogens is 3. The van der Waals surface area contributed by atoms with E-state index >= 15 is 0 Å². The Morgan fingerprint density at radius 3 is 1.55 bits per heavy atom. The van der Waals surface area contributed by atoms with Crippen molar-refractivity contribution >= 4 is 133 Å². The van der Waals surface area contributed by atoms with Gasteiger partial charge < -0.3 is 29.5 Å². The third-order valence-electron chi connectivity index (χ3n) is 14.0. The number of aliphatic hydroxyl groups is 1. The fourth-order valence-electron chi connectivity index (χ4n) is 9.43. The first-order chi connectivity index (χ1) is 45.0. The van der Waals surface area contributed by atoms with Crippen LogP contribution >= 0.6 is 69.6 Å². The fourth-order valence-corrected chi connectivity index (χ4v) is 10.5. The first-order valence-electron chi connectivity index (χ1n) is 29.5. The van der Waals surface area contributed by atoms with E-state index in [9.17, 15) is 19.5 Å². The van der Waals surface area contributed by atoms with E-state index in [1.54, 1.807) is 100 Å². The summed E-state index contributed by atoms with van der Waals surface area (Å²) in [5.74, 6) is 0.708. The highest BCUT2D eigenvalue weighted by Crippen LogP contribution is 2.34. The Morgan fingerprint density at radius 1 is 0.511 bits per heavy atom. The van der Waals surface area contributed by atoms with Crippen molar-refractivity contribution in [1.82, 2.24) is 44.9 Å². The van der Waals surface area contributed by atoms with Gasteiger partial charge in [0.2, 0.25) is 0 Å². The molecule has 94 heavy (non-hydrogen) atoms. The van der Waals surface area contributed by atoms with Crippen molar-refractivity contribution in [2.75, 3.05) is 9.80 Å². The number of amides is 2. The number of aryl methyl sites for hydroxylation is 2. The average Bonchev–Trinajstić information content (AvgIpc) is 1.46. The number of carbonyl (C=O) groups excluding carboxylic acids is 3. The molecule has 0 saturated carbocycles. The van der Waals surface area contributed by atoms with Crippen LogP contribution in [-0.2, 0) is 41.8 Å². The second-order valence-corrected chi connectivity index (χ2v) is 25.7. The smallest absolute Gasteiger partial charge is 0.416 e. The van der Waals surface area contributed by atoms with Gasteiger partial charge in [0, 0.05) is 91.6 Å². The molecule has 0 fully saturated rings. The molecule has 1 atom stereocenters. The van der Waals surface area contributed by atoms with Gasteiger partial charge in [-0.15, -0.1) is 0 Å². The second-order valence-electron chi connectivity index (χ2n) is 23.3. The minimum Gasteiger partial charge on any atom is -0.443 e. The van der Waals surface area contributed by atoms with Crippen LogP contribution in [-0.4, -0.2) is 79.6 Å². The first-order valence-corrected chi connectivity index (χ1v) is 31.8. The Bertz CT molecular complexity index is 4500. The van der Waals surface area contributed by atoms with Gasteiger partial charge in [-0.3, -0.25) is 14.6 Å². The van der Waals surface area contributed by atoms with Gasteiger partial charge in [-0.25, -0.2) is 39.5 Å². The fraction of sp³-hybridized carbons (Fsp3) is 0.197. The van der Waals surface area contributed by atoms with Gasteiger partial charge >= 0.3 is 12.2 Å². The summed E-state index contributed by atoms with van der Waals surface area (Å²) in [6.07, 6.45) is 11.5. The molecular weight excluding hydrogens is 1320 g/mol. The zero-order chi connectivity index (χ0) is 67.1. The summed E-state index contributed by atoms with van der Waals surface area (Å²) < 4.78 is 11.2. The number of carbonyl (C=O) groups is 3. The van der Waals surface area contributed by atoms with Crippen LogP contribution in [0.1, 0.15) is 103 Å². The average molecular weight is 1380 g/mol. The van der Waals surface area contributed by atoms with Crippen LogP contribution in [0.15, 0.2) is 189 Å². The Labute approximate surface area is 573 Å². The molecule has 0 radical (unpaired) electrons. The predicted octanol–water partition coefficient (Wildman–Crippen LogP) is 18.6. The molecular formula is C71H65Cl6N11O6. The highest BCUT2D eigenvalue weighted by Gasteiger charge is 2.28. The zero-order valence-corrected chi connectivity index (χ0v) is 56.5. The van der Waals surface area contributed by atoms with Crippen LogP contribution in [0, 0.1) is 0 Å². The Kier molecular flexibility index (Phi) is 23.5. The maximum atomic E-state index is 13.0. The van der Waals surface area contributed by atoms with E-state index in [-0.39, 0.29) is 23.4 Å². The van der Waals surface area contributed by atoms with E-state index in [4.69, 9.17) is 79.1 Å². The summed E-state index contributed by atoms with van der Waals surface area (Å²) in [6, 6.07) is 46.2. The van der Waals surface area contributed by atoms with Crippen LogP contribution in [0.4, 0.5) is 21.2 Å². The lowest BCUT2D eigenvalue weighted by atomic mass is 10.0. The largest absolute Gasteiger partial charge is 0.443 e. The van der Waals surface area contributed by atoms with Gasteiger partial charge in [0.25, 0.3) is 0 Å². The van der Waals surface area contributed by atoms with Crippen molar-refractivity contribution in [1.29, 1.82) is 0 Å². The standard InChI is InChI=1S/C25H24Cl2N4O3.C25H24Cl2N4O2.C14H11Cl2NO.C7H6N2/c1-25(2,3)34-24(33)31(14-15-6-8-16(26)9-7-15)20-11-10-18(22(27)30-20)21(32)19-13-29-23-17(19)5-4-12-28-23;1-25(2,3)33-24(32)31(15-16-6-9-19(26)10-7-16)21-11-8-17(22(27)30-21)13-18-14-29-23-20(18)5-4-12-28-23;15-12-5-1-10(2-6-12)3-7-13-8-4-11(9-18)14(16)17-13;1-2-6-3-5-9-7(6)8-4-1/h4-13,21,32H,14H2,1-3H3,(H,28,29);4-12,14H,13,15H2,1-3H3,(H,28,29);1-2,4-6,8-9H,3,7H2;1-5H,(H,8,9). The number of fused-ring (bicyclic) bond motifs is 3. The number of pyridine rings is 6. The molecule has 482 valence electrons. The normalized spacial score (nSPS) is 11.5. The monoisotopic (exact) mass is 1380 g/mol. The number of ether oxygens (including phenoxy) is 2. The molecule has 12 rings (SSSR count). The molecule has 9 heterocycles. The van der Waals surface area contributed by atoms with E-state index < -0.39 is 29.5 Å². The van der Waals surface area contributed by atoms with Crippen molar-refractivity contribution in [2.24, 2.45) is 0 Å². The molecule has 0 aliphatic carbocycles. The summed E-state index contributed by atoms with van der Waals surface area (Å²) >= 11 is 36.8. The molecule has 0 saturated heterocycles. The molecule has 0 aliphatic rings. The van der Waals surface area contributed by atoms with Crippen LogP contribution in [0.25, 0.3) is 33.1 Å². The number of aromatic amines is 3. The summed E-state index contributed by atoms with van der Waals surface area (Å²) in [4.78, 5) is 74.6. The van der Waals surface area contributed by atoms with Gasteiger partial charge in [-0.1, -0.05) is 112 Å². The highest BCUT2D eigenvalue weighted by atomic mass is 35.5. The quantitative estimate of drug-likeness (QED) is 0.0590. The number of benzene rings is 3. The third-order valence-corrected chi connectivity index (χ3v) is 15.7. The number of hydrogen-bond acceptors (Lipinski definition) is 12. The minimum absolute atomic E-state index is 0.0768. The van der Waals surface area contributed by atoms with E-state index in [0.29, 0.717) is 61.9 Å². The Balaban J connectivity index is 0.000000161. The molecule has 3 aromatic carbocycles. The summed E-state index contributed by atoms with van der Waals surface area (Å²) in [6.45, 7) is 11.3. The van der Waals surface area contributed by atoms with Crippen molar-refractivity contribution in [3.8, 4) is 0 Å². The van der Waals surface area contributed by atoms with Crippen molar-refractivity contribution < 1.29 is 29.0 Å². The third kappa shape index (κ3) is 19.4. The number of nitrogens with zero attached hydrogens (tertiary/aromatic N) is 8. The second kappa shape index (κ2) is 31.8. The molecule has 0 spiro atoms. The first kappa shape index (κ1) is 69.4. The maximum Gasteiger partial charge on any atom is 0.416 e. The van der Waals surface area contributed by atoms with Gasteiger partial charge in [-0.05, 0) is 191 Å². The lowest BCUT2D eigenvalue weighted by molar-refractivity contribution is 0.0565. The number of halogens is 6. The van der Waals surface area contributed by atoms with E-state index in [0.717, 1.165) is 73.3 Å². The topological polar surface area (TPSA) is 221 Å². The van der Waals surface area contributed by atoms with E-state index in [1.165, 1.54) is 15.4 Å². The highest BCUT2D eigenvalue weighted by molar-refractivity contribution is 6.32. The summed E-state index contributed by atoms with van der Waals surface area (Å²) in [7, 11) is 0. The number of anilines is 2. The molecule has 2 amide bonds. The van der Waals surface area contributed by atoms with Gasteiger partial charge in [0.15, 0.2) is 6.29 Å². The molecule has 17 nitrogen and oxygen atoms in total. The zero-order valence-electron chi connectivity index (χ0n) is 51.9. The number of hydrogen-bond donors (Lipinski definition) is 4. The van der Waals surface area contributed by atoms with E-state index in [1.807, 2.05) is 130 Å². The van der Waals surface area contributed by atoms with Crippen molar-refractivity contribution in [2.45, 2.75) is 91.2 Å². The lowest BCUT2D eigenvalue weighted by Crippen LogP contribution is -2.37. The molecule has 0 aliphatic heterocycles. The van der Waals surface area contributed by atoms with Gasteiger partial charge in [0.1, 0.15) is 61.3 Å². The Hall–Kier alpha value is -8.91. The molecule has 12 aromatic rings. The summed E-state index contributed by atoms with van der Waals surface area (Å²) in [5, 5.41) is 16.6. The Morgan fingerprint density at radius 2 is 1.02 bits per heavy atom. The number of aliphatic hydroxyl groups excluding tert-OH is 1. The number of aromatic nitrogens is 9. The maximum absolute atomic E-state index is 13.0. The molecule has 9 aromatic heterocycles. The minimum atomic E-state index is -1.03. The van der Waals surface area contributed by atoms with Crippen LogP contribution in [0.3, 0.4) is 0 Å². The van der Waals surface area contributed by atoms with Crippen molar-refractivity contribution in [3.05, 3.63) is 270 Å². The number of nitrogens with one attached hydrogen (secondary N) is 3. The van der Waals surface area contributed by atoms with Gasteiger partial charge in [-0.2, -0.15) is 0 Å². The van der Waals surface area contributed by atoms with Crippen molar-refractivity contribution in [3.63, 3.8) is 0 Å². The molecule has 1 unspecified atom stereocenters. The van der Waals surface area contributed by atoms with Gasteiger partial charge in [0.05, 0.1) is 18.7 Å². The summed E-state index contributed by atoms with van der Waals surface area (Å²) in [5.41, 5.74) is 8.27. The molecule has 4 N–H and O–H groups in total. The van der Waals surface area contributed by atoms with Crippen LogP contribution in [0.5, 0.6) is 0 Å². The molecule has 0 bridgehead atoms. The predicted molar refractivity (Wildman–Crippen MR) is 375 cm³/mol. The SMILES string of the molecule is CC(C)(C)OC(=O)N(Cc1ccc(Cl)cc1)c1ccc(C(O)c2c[nH]c3ncccc23)c(Cl)n1.CC(C)(C)OC(=O)N(Cc1ccc(Cl)cc1)c1ccc(Cc2c[nH]c3ncccc23)c(Cl)n1.O=Cc1ccc(CCc2ccc(Cl)cc2)nc1Cl.c1cnc2[nH]ccc2c1.